The number of carbonyl (C=O) groups excluding carboxylic acids is 2. The van der Waals surface area contributed by atoms with Gasteiger partial charge >= 0.3 is 5.97 Å². The quantitative estimate of drug-likeness (QED) is 0.527. The number of rotatable bonds is 7. The molecule has 1 atom stereocenters. The molecule has 0 saturated heterocycles. The number of sulfonamides is 1. The Bertz CT molecular complexity index is 1220. The largest absolute Gasteiger partial charge is 0.454 e. The van der Waals surface area contributed by atoms with Crippen molar-refractivity contribution < 1.29 is 22.7 Å². The minimum atomic E-state index is -3.66. The monoisotopic (exact) mass is 478 g/mol. The van der Waals surface area contributed by atoms with Crippen LogP contribution in [0.15, 0.2) is 84.9 Å². The Morgan fingerprint density at radius 2 is 1.44 bits per heavy atom. The van der Waals surface area contributed by atoms with Gasteiger partial charge < -0.3 is 10.1 Å². The summed E-state index contributed by atoms with van der Waals surface area (Å²) in [5, 5.41) is 2.92. The zero-order valence-corrected chi connectivity index (χ0v) is 19.6. The molecule has 34 heavy (non-hydrogen) atoms. The molecule has 0 spiro atoms. The minimum absolute atomic E-state index is 0.0884. The second kappa shape index (κ2) is 10.2. The minimum Gasteiger partial charge on any atom is -0.454 e. The third kappa shape index (κ3) is 5.52. The number of carbonyl (C=O) groups is 2. The van der Waals surface area contributed by atoms with E-state index in [1.165, 1.54) is 0 Å². The van der Waals surface area contributed by atoms with Gasteiger partial charge in [-0.3, -0.25) is 9.59 Å². The highest BCUT2D eigenvalue weighted by molar-refractivity contribution is 7.88. The number of ether oxygens (including phenoxy) is 1. The average molecular weight is 479 g/mol. The summed E-state index contributed by atoms with van der Waals surface area (Å²) in [6, 6.07) is 24.9. The highest BCUT2D eigenvalue weighted by atomic mass is 32.2. The van der Waals surface area contributed by atoms with Crippen molar-refractivity contribution in [1.29, 1.82) is 0 Å². The molecule has 0 aromatic heterocycles. The summed E-state index contributed by atoms with van der Waals surface area (Å²) in [6.07, 6.45) is 1.26. The number of hydrogen-bond acceptors (Lipinski definition) is 5. The van der Waals surface area contributed by atoms with Crippen LogP contribution in [0, 0.1) is 0 Å². The van der Waals surface area contributed by atoms with Gasteiger partial charge in [-0.15, -0.1) is 0 Å². The normalized spacial score (nSPS) is 16.0. The van der Waals surface area contributed by atoms with E-state index in [9.17, 15) is 18.0 Å². The van der Waals surface area contributed by atoms with Crippen LogP contribution in [-0.4, -0.2) is 43.5 Å². The Morgan fingerprint density at radius 1 is 0.912 bits per heavy atom. The molecule has 176 valence electrons. The molecule has 0 radical (unpaired) electrons. The first-order chi connectivity index (χ1) is 16.3. The second-order valence-electron chi connectivity index (χ2n) is 8.23. The van der Waals surface area contributed by atoms with Crippen LogP contribution in [0.3, 0.4) is 0 Å². The van der Waals surface area contributed by atoms with Crippen LogP contribution >= 0.6 is 0 Å². The third-order valence-electron chi connectivity index (χ3n) is 5.82. The van der Waals surface area contributed by atoms with Gasteiger partial charge in [-0.2, -0.15) is 4.31 Å². The Kier molecular flexibility index (Phi) is 7.09. The predicted molar refractivity (Wildman–Crippen MR) is 128 cm³/mol. The average Bonchev–Trinajstić information content (AvgIpc) is 2.85. The van der Waals surface area contributed by atoms with Crippen molar-refractivity contribution in [3.63, 3.8) is 0 Å². The summed E-state index contributed by atoms with van der Waals surface area (Å²) in [7, 11) is -3.66. The van der Waals surface area contributed by atoms with Gasteiger partial charge in [0.15, 0.2) is 6.61 Å². The summed E-state index contributed by atoms with van der Waals surface area (Å²) >= 11 is 0. The predicted octanol–water partition coefficient (Wildman–Crippen LogP) is 2.82. The van der Waals surface area contributed by atoms with Crippen molar-refractivity contribution in [2.75, 3.05) is 12.9 Å². The van der Waals surface area contributed by atoms with Crippen LogP contribution in [0.2, 0.25) is 0 Å². The van der Waals surface area contributed by atoms with E-state index in [1.807, 2.05) is 84.9 Å². The molecule has 1 aliphatic rings. The van der Waals surface area contributed by atoms with Crippen molar-refractivity contribution in [2.24, 2.45) is 0 Å². The van der Waals surface area contributed by atoms with Gasteiger partial charge in [-0.05, 0) is 22.3 Å². The maximum Gasteiger partial charge on any atom is 0.325 e. The molecule has 7 nitrogen and oxygen atoms in total. The Balaban J connectivity index is 1.46. The van der Waals surface area contributed by atoms with E-state index in [4.69, 9.17) is 4.74 Å². The molecule has 4 rings (SSSR count). The molecule has 0 aliphatic carbocycles. The van der Waals surface area contributed by atoms with E-state index in [-0.39, 0.29) is 13.0 Å². The van der Waals surface area contributed by atoms with Gasteiger partial charge in [0.25, 0.3) is 5.91 Å². The van der Waals surface area contributed by atoms with Gasteiger partial charge in [0.05, 0.1) is 12.3 Å². The fraction of sp³-hybridized carbons (Fsp3) is 0.231. The first-order valence-corrected chi connectivity index (χ1v) is 12.8. The summed E-state index contributed by atoms with van der Waals surface area (Å²) in [5.74, 6) is -1.22. The third-order valence-corrected chi connectivity index (χ3v) is 7.06. The second-order valence-corrected chi connectivity index (χ2v) is 10.2. The molecule has 1 N–H and O–H groups in total. The molecule has 0 saturated carbocycles. The lowest BCUT2D eigenvalue weighted by molar-refractivity contribution is -0.152. The van der Waals surface area contributed by atoms with Crippen LogP contribution in [0.4, 0.5) is 0 Å². The number of esters is 1. The van der Waals surface area contributed by atoms with Gasteiger partial charge in [0, 0.05) is 13.0 Å². The summed E-state index contributed by atoms with van der Waals surface area (Å²) in [5.41, 5.74) is 3.52. The van der Waals surface area contributed by atoms with Crippen molar-refractivity contribution >= 4 is 21.9 Å². The maximum atomic E-state index is 12.9. The zero-order chi connectivity index (χ0) is 24.1. The Morgan fingerprint density at radius 3 is 2.00 bits per heavy atom. The highest BCUT2D eigenvalue weighted by Gasteiger charge is 2.38. The van der Waals surface area contributed by atoms with Gasteiger partial charge in [-0.1, -0.05) is 84.9 Å². The Labute approximate surface area is 199 Å². The highest BCUT2D eigenvalue weighted by Crippen LogP contribution is 2.26. The van der Waals surface area contributed by atoms with E-state index in [0.717, 1.165) is 32.8 Å². The van der Waals surface area contributed by atoms with E-state index >= 15 is 0 Å². The SMILES string of the molecule is CS(=O)(=O)N1Cc2ccccc2CC1C(=O)OCC(=O)NC(c1ccccc1)c1ccccc1. The van der Waals surface area contributed by atoms with Crippen molar-refractivity contribution in [1.82, 2.24) is 9.62 Å². The number of nitrogens with zero attached hydrogens (tertiary/aromatic N) is 1. The molecule has 3 aromatic rings. The molecule has 0 bridgehead atoms. The zero-order valence-electron chi connectivity index (χ0n) is 18.8. The summed E-state index contributed by atoms with van der Waals surface area (Å²) in [6.45, 7) is -0.421. The molecule has 1 amide bonds. The molecule has 0 fully saturated rings. The van der Waals surface area contributed by atoms with Crippen molar-refractivity contribution in [3.05, 3.63) is 107 Å². The summed E-state index contributed by atoms with van der Waals surface area (Å²) < 4.78 is 31.1. The van der Waals surface area contributed by atoms with Gasteiger partial charge in [-0.25, -0.2) is 8.42 Å². The fourth-order valence-electron chi connectivity index (χ4n) is 4.13. The molecule has 1 unspecified atom stereocenters. The lowest BCUT2D eigenvalue weighted by Crippen LogP contribution is -2.49. The topological polar surface area (TPSA) is 92.8 Å². The molecule has 1 heterocycles. The number of benzene rings is 3. The van der Waals surface area contributed by atoms with Gasteiger partial charge in [0.2, 0.25) is 10.0 Å². The molecule has 8 heteroatoms. The van der Waals surface area contributed by atoms with Crippen molar-refractivity contribution in [3.8, 4) is 0 Å². The molecular weight excluding hydrogens is 452 g/mol. The number of nitrogens with one attached hydrogen (secondary N) is 1. The lowest BCUT2D eigenvalue weighted by Gasteiger charge is -2.33. The fourth-order valence-corrected chi connectivity index (χ4v) is 5.13. The van der Waals surface area contributed by atoms with Crippen LogP contribution in [0.25, 0.3) is 0 Å². The lowest BCUT2D eigenvalue weighted by atomic mass is 9.96. The van der Waals surface area contributed by atoms with Crippen LogP contribution < -0.4 is 5.32 Å². The van der Waals surface area contributed by atoms with E-state index < -0.39 is 40.6 Å². The Hall–Kier alpha value is -3.49. The first-order valence-electron chi connectivity index (χ1n) is 10.9. The standard InChI is InChI=1S/C26H26N2O5S/c1-34(31,32)28-17-22-15-9-8-14-21(22)16-23(28)26(30)33-18-24(29)27-25(19-10-4-2-5-11-19)20-12-6-3-7-13-20/h2-15,23,25H,16-18H2,1H3,(H,27,29). The first kappa shape index (κ1) is 23.7. The molecule has 3 aromatic carbocycles. The van der Waals surface area contributed by atoms with E-state index in [2.05, 4.69) is 5.32 Å². The van der Waals surface area contributed by atoms with E-state index in [0.29, 0.717) is 0 Å². The van der Waals surface area contributed by atoms with Crippen LogP contribution in [0.1, 0.15) is 28.3 Å². The summed E-state index contributed by atoms with van der Waals surface area (Å²) in [4.78, 5) is 25.6. The smallest absolute Gasteiger partial charge is 0.325 e. The van der Waals surface area contributed by atoms with Crippen molar-refractivity contribution in [2.45, 2.75) is 25.0 Å². The number of fused-ring (bicyclic) bond motifs is 1. The van der Waals surface area contributed by atoms with Crippen LogP contribution in [-0.2, 0) is 37.3 Å². The maximum absolute atomic E-state index is 12.9. The molecule has 1 aliphatic heterocycles. The van der Waals surface area contributed by atoms with Gasteiger partial charge in [0.1, 0.15) is 6.04 Å². The number of amides is 1. The molecular formula is C26H26N2O5S. The number of hydrogen-bond donors (Lipinski definition) is 1. The van der Waals surface area contributed by atoms with Crippen LogP contribution in [0.5, 0.6) is 0 Å². The van der Waals surface area contributed by atoms with E-state index in [1.54, 1.807) is 0 Å².